The van der Waals surface area contributed by atoms with Crippen LogP contribution in [0.2, 0.25) is 0 Å². The van der Waals surface area contributed by atoms with Gasteiger partial charge in [-0.2, -0.15) is 0 Å². The lowest BCUT2D eigenvalue weighted by molar-refractivity contribution is 0.157. The van der Waals surface area contributed by atoms with Crippen LogP contribution in [0.4, 0.5) is 0 Å². The summed E-state index contributed by atoms with van der Waals surface area (Å²) in [5, 5.41) is 1.05. The van der Waals surface area contributed by atoms with Gasteiger partial charge < -0.3 is 4.74 Å². The van der Waals surface area contributed by atoms with E-state index < -0.39 is 0 Å². The van der Waals surface area contributed by atoms with Crippen molar-refractivity contribution in [3.63, 3.8) is 0 Å². The molecule has 1 aromatic heterocycles. The average Bonchev–Trinajstić information content (AvgIpc) is 2.41. The molecule has 94 valence electrons. The van der Waals surface area contributed by atoms with Crippen molar-refractivity contribution >= 4 is 10.9 Å². The lowest BCUT2D eigenvalue weighted by Crippen LogP contribution is -2.19. The monoisotopic (exact) mass is 242 g/mol. The molecule has 1 heterocycles. The van der Waals surface area contributed by atoms with Gasteiger partial charge in [-0.25, -0.2) is 9.97 Å². The zero-order chi connectivity index (χ0) is 12.4. The van der Waals surface area contributed by atoms with Crippen molar-refractivity contribution in [1.82, 2.24) is 9.97 Å². The third-order valence-electron chi connectivity index (χ3n) is 3.54. The van der Waals surface area contributed by atoms with E-state index in [1.54, 1.807) is 0 Å². The SMILES string of the molecule is Cc1ncc2cccc(OC3CCCCC3)c2n1. The first kappa shape index (κ1) is 11.5. The Kier molecular flexibility index (Phi) is 3.13. The van der Waals surface area contributed by atoms with Crippen molar-refractivity contribution < 1.29 is 4.74 Å². The summed E-state index contributed by atoms with van der Waals surface area (Å²) in [5.41, 5.74) is 0.940. The molecule has 2 aromatic rings. The summed E-state index contributed by atoms with van der Waals surface area (Å²) in [6, 6.07) is 6.06. The van der Waals surface area contributed by atoms with Crippen LogP contribution in [0.5, 0.6) is 5.75 Å². The molecule has 3 nitrogen and oxygen atoms in total. The highest BCUT2D eigenvalue weighted by Gasteiger charge is 2.16. The quantitative estimate of drug-likeness (QED) is 0.806. The lowest BCUT2D eigenvalue weighted by atomic mass is 9.98. The molecular formula is C15H18N2O. The molecule has 0 atom stereocenters. The molecular weight excluding hydrogens is 224 g/mol. The van der Waals surface area contributed by atoms with Gasteiger partial charge in [-0.15, -0.1) is 0 Å². The van der Waals surface area contributed by atoms with Crippen molar-refractivity contribution in [2.24, 2.45) is 0 Å². The minimum Gasteiger partial charge on any atom is -0.488 e. The van der Waals surface area contributed by atoms with Crippen LogP contribution in [0.15, 0.2) is 24.4 Å². The van der Waals surface area contributed by atoms with Crippen LogP contribution in [0.25, 0.3) is 10.9 Å². The summed E-state index contributed by atoms with van der Waals surface area (Å²) in [4.78, 5) is 8.73. The maximum atomic E-state index is 6.13. The molecule has 1 saturated carbocycles. The predicted molar refractivity (Wildman–Crippen MR) is 71.8 cm³/mol. The second-order valence-electron chi connectivity index (χ2n) is 4.99. The zero-order valence-corrected chi connectivity index (χ0v) is 10.7. The van der Waals surface area contributed by atoms with Crippen molar-refractivity contribution in [3.8, 4) is 5.75 Å². The molecule has 0 saturated heterocycles. The molecule has 1 aliphatic carbocycles. The highest BCUT2D eigenvalue weighted by atomic mass is 16.5. The van der Waals surface area contributed by atoms with Gasteiger partial charge in [0, 0.05) is 11.6 Å². The average molecular weight is 242 g/mol. The fraction of sp³-hybridized carbons (Fsp3) is 0.467. The predicted octanol–water partition coefficient (Wildman–Crippen LogP) is 3.65. The topological polar surface area (TPSA) is 35.0 Å². The molecule has 3 heteroatoms. The molecule has 0 radical (unpaired) electrons. The number of nitrogens with zero attached hydrogens (tertiary/aromatic N) is 2. The van der Waals surface area contributed by atoms with Crippen molar-refractivity contribution in [2.45, 2.75) is 45.1 Å². The highest BCUT2D eigenvalue weighted by Crippen LogP contribution is 2.28. The molecule has 1 fully saturated rings. The molecule has 0 amide bonds. The summed E-state index contributed by atoms with van der Waals surface area (Å²) in [6.45, 7) is 1.91. The third-order valence-corrected chi connectivity index (χ3v) is 3.54. The second-order valence-corrected chi connectivity index (χ2v) is 4.99. The van der Waals surface area contributed by atoms with Crippen molar-refractivity contribution in [1.29, 1.82) is 0 Å². The van der Waals surface area contributed by atoms with E-state index in [2.05, 4.69) is 9.97 Å². The van der Waals surface area contributed by atoms with Gasteiger partial charge in [0.15, 0.2) is 0 Å². The van der Waals surface area contributed by atoms with E-state index in [4.69, 9.17) is 4.74 Å². The first-order valence-corrected chi connectivity index (χ1v) is 6.72. The van der Waals surface area contributed by atoms with Gasteiger partial charge in [0.05, 0.1) is 6.10 Å². The number of rotatable bonds is 2. The zero-order valence-electron chi connectivity index (χ0n) is 10.7. The van der Waals surface area contributed by atoms with E-state index >= 15 is 0 Å². The number of hydrogen-bond acceptors (Lipinski definition) is 3. The molecule has 0 N–H and O–H groups in total. The van der Waals surface area contributed by atoms with Gasteiger partial charge in [0.1, 0.15) is 17.1 Å². The first-order valence-electron chi connectivity index (χ1n) is 6.72. The maximum absolute atomic E-state index is 6.13. The van der Waals surface area contributed by atoms with Crippen LogP contribution in [0.3, 0.4) is 0 Å². The Labute approximate surface area is 107 Å². The van der Waals surface area contributed by atoms with Crippen LogP contribution in [0.1, 0.15) is 37.9 Å². The fourth-order valence-electron chi connectivity index (χ4n) is 2.57. The summed E-state index contributed by atoms with van der Waals surface area (Å²) in [6.07, 6.45) is 8.47. The number of hydrogen-bond donors (Lipinski definition) is 0. The molecule has 1 aliphatic rings. The van der Waals surface area contributed by atoms with Gasteiger partial charge in [-0.3, -0.25) is 0 Å². The Balaban J connectivity index is 1.92. The van der Waals surface area contributed by atoms with Crippen LogP contribution >= 0.6 is 0 Å². The largest absolute Gasteiger partial charge is 0.488 e. The standard InChI is InChI=1S/C15H18N2O/c1-11-16-10-12-6-5-9-14(15(12)17-11)18-13-7-3-2-4-8-13/h5-6,9-10,13H,2-4,7-8H2,1H3. The summed E-state index contributed by atoms with van der Waals surface area (Å²) in [7, 11) is 0. The van der Waals surface area contributed by atoms with Crippen molar-refractivity contribution in [2.75, 3.05) is 0 Å². The minimum atomic E-state index is 0.361. The molecule has 18 heavy (non-hydrogen) atoms. The molecule has 1 aromatic carbocycles. The van der Waals surface area contributed by atoms with Gasteiger partial charge in [0.2, 0.25) is 0 Å². The molecule has 0 aliphatic heterocycles. The van der Waals surface area contributed by atoms with Gasteiger partial charge in [-0.1, -0.05) is 18.6 Å². The van der Waals surface area contributed by atoms with E-state index in [9.17, 15) is 0 Å². The van der Waals surface area contributed by atoms with Crippen LogP contribution in [-0.4, -0.2) is 16.1 Å². The Bertz CT molecular complexity index is 547. The van der Waals surface area contributed by atoms with Crippen LogP contribution < -0.4 is 4.74 Å². The number of fused-ring (bicyclic) bond motifs is 1. The fourth-order valence-corrected chi connectivity index (χ4v) is 2.57. The van der Waals surface area contributed by atoms with E-state index in [-0.39, 0.29) is 0 Å². The van der Waals surface area contributed by atoms with Gasteiger partial charge in [0.25, 0.3) is 0 Å². The normalized spacial score (nSPS) is 16.9. The van der Waals surface area contributed by atoms with E-state index in [1.165, 1.54) is 32.1 Å². The maximum Gasteiger partial charge on any atom is 0.146 e. The summed E-state index contributed by atoms with van der Waals surface area (Å²) >= 11 is 0. The number of benzene rings is 1. The van der Waals surface area contributed by atoms with Crippen molar-refractivity contribution in [3.05, 3.63) is 30.2 Å². The molecule has 0 unspecified atom stereocenters. The van der Waals surface area contributed by atoms with Crippen LogP contribution in [-0.2, 0) is 0 Å². The highest BCUT2D eigenvalue weighted by molar-refractivity contribution is 5.83. The number of aryl methyl sites for hydroxylation is 1. The molecule has 3 rings (SSSR count). The number of para-hydroxylation sites is 1. The Morgan fingerprint density at radius 3 is 2.83 bits per heavy atom. The lowest BCUT2D eigenvalue weighted by Gasteiger charge is -2.23. The second kappa shape index (κ2) is 4.92. The number of aromatic nitrogens is 2. The van der Waals surface area contributed by atoms with E-state index in [1.807, 2.05) is 31.3 Å². The Morgan fingerprint density at radius 1 is 1.17 bits per heavy atom. The van der Waals surface area contributed by atoms with Crippen LogP contribution in [0, 0.1) is 6.92 Å². The first-order chi connectivity index (χ1) is 8.83. The molecule has 0 spiro atoms. The minimum absolute atomic E-state index is 0.361. The third kappa shape index (κ3) is 2.30. The van der Waals surface area contributed by atoms with E-state index in [0.29, 0.717) is 6.10 Å². The summed E-state index contributed by atoms with van der Waals surface area (Å²) in [5.74, 6) is 1.70. The van der Waals surface area contributed by atoms with E-state index in [0.717, 1.165) is 22.5 Å². The van der Waals surface area contributed by atoms with Gasteiger partial charge >= 0.3 is 0 Å². The Hall–Kier alpha value is -1.64. The molecule has 0 bridgehead atoms. The Morgan fingerprint density at radius 2 is 2.00 bits per heavy atom. The smallest absolute Gasteiger partial charge is 0.146 e. The number of ether oxygens (including phenoxy) is 1. The summed E-state index contributed by atoms with van der Waals surface area (Å²) < 4.78 is 6.13. The van der Waals surface area contributed by atoms with Gasteiger partial charge in [-0.05, 0) is 38.7 Å².